The van der Waals surface area contributed by atoms with Gasteiger partial charge in [-0.2, -0.15) is 0 Å². The van der Waals surface area contributed by atoms with E-state index >= 15 is 0 Å². The van der Waals surface area contributed by atoms with Crippen LogP contribution in [0, 0.1) is 0 Å². The molecule has 0 aliphatic rings. The number of nitrogens with zero attached hydrogens (tertiary/aromatic N) is 2. The van der Waals surface area contributed by atoms with Crippen molar-refractivity contribution in [3.8, 4) is 0 Å². The largest absolute Gasteiger partial charge is 0.467 e. The predicted octanol–water partition coefficient (Wildman–Crippen LogP) is 1.64. The number of para-hydroxylation sites is 2. The molecule has 3 aromatic rings. The fraction of sp³-hybridized carbons (Fsp3) is 0.350. The van der Waals surface area contributed by atoms with Crippen LogP contribution in [0.25, 0.3) is 11.0 Å². The Morgan fingerprint density at radius 1 is 1.14 bits per heavy atom. The molecule has 0 unspecified atom stereocenters. The number of fused-ring (bicyclic) bond motifs is 1. The van der Waals surface area contributed by atoms with Crippen LogP contribution in [-0.4, -0.2) is 41.6 Å². The van der Waals surface area contributed by atoms with Gasteiger partial charge in [0.25, 0.3) is 0 Å². The maximum atomic E-state index is 12.4. The van der Waals surface area contributed by atoms with Crippen molar-refractivity contribution in [2.24, 2.45) is 0 Å². The summed E-state index contributed by atoms with van der Waals surface area (Å²) in [6, 6.07) is 11.3. The molecule has 0 aliphatic carbocycles. The molecule has 28 heavy (non-hydrogen) atoms. The number of hydrogen-bond donors (Lipinski definition) is 2. The summed E-state index contributed by atoms with van der Waals surface area (Å²) >= 11 is 0. The van der Waals surface area contributed by atoms with Crippen molar-refractivity contribution < 1.29 is 18.7 Å². The van der Waals surface area contributed by atoms with Gasteiger partial charge in [0.1, 0.15) is 24.7 Å². The van der Waals surface area contributed by atoms with Crippen molar-refractivity contribution in [2.75, 3.05) is 20.3 Å². The summed E-state index contributed by atoms with van der Waals surface area (Å²) in [5.74, 6) is 1.26. The number of carbonyl (C=O) groups is 2. The zero-order valence-electron chi connectivity index (χ0n) is 15.8. The summed E-state index contributed by atoms with van der Waals surface area (Å²) in [7, 11) is 1.48. The Balaban J connectivity index is 1.63. The molecule has 0 aliphatic heterocycles. The zero-order chi connectivity index (χ0) is 19.8. The minimum Gasteiger partial charge on any atom is -0.467 e. The highest BCUT2D eigenvalue weighted by Crippen LogP contribution is 2.17. The maximum Gasteiger partial charge on any atom is 0.245 e. The van der Waals surface area contributed by atoms with Crippen molar-refractivity contribution in [3.05, 3.63) is 54.2 Å². The third-order valence-corrected chi connectivity index (χ3v) is 4.25. The molecular weight excluding hydrogens is 360 g/mol. The van der Waals surface area contributed by atoms with E-state index in [0.717, 1.165) is 16.9 Å². The first-order valence-electron chi connectivity index (χ1n) is 9.16. The first kappa shape index (κ1) is 19.6. The van der Waals surface area contributed by atoms with Gasteiger partial charge in [0.15, 0.2) is 0 Å². The first-order valence-corrected chi connectivity index (χ1v) is 9.16. The topological polar surface area (TPSA) is 98.4 Å². The summed E-state index contributed by atoms with van der Waals surface area (Å²) in [5.41, 5.74) is 1.76. The Morgan fingerprint density at radius 3 is 2.79 bits per heavy atom. The average Bonchev–Trinajstić information content (AvgIpc) is 3.32. The molecule has 8 heteroatoms. The highest BCUT2D eigenvalue weighted by atomic mass is 16.5. The number of ether oxygens (including phenoxy) is 1. The van der Waals surface area contributed by atoms with Gasteiger partial charge in [-0.25, -0.2) is 4.98 Å². The first-order chi connectivity index (χ1) is 13.7. The van der Waals surface area contributed by atoms with Crippen LogP contribution in [-0.2, 0) is 33.8 Å². The minimum atomic E-state index is -0.145. The summed E-state index contributed by atoms with van der Waals surface area (Å²) < 4.78 is 12.0. The number of furan rings is 1. The number of aromatic nitrogens is 2. The lowest BCUT2D eigenvalue weighted by molar-refractivity contribution is -0.124. The molecule has 0 radical (unpaired) electrons. The van der Waals surface area contributed by atoms with Crippen LogP contribution in [0.1, 0.15) is 18.0 Å². The SMILES string of the molecule is COCC(=O)NCCCc1nc2ccccc2n1CC(=O)NCc1ccco1. The molecular formula is C20H24N4O4. The number of carbonyl (C=O) groups excluding carboxylic acids is 2. The fourth-order valence-corrected chi connectivity index (χ4v) is 2.95. The van der Waals surface area contributed by atoms with E-state index in [1.54, 1.807) is 12.3 Å². The Labute approximate surface area is 162 Å². The predicted molar refractivity (Wildman–Crippen MR) is 103 cm³/mol. The van der Waals surface area contributed by atoms with Crippen LogP contribution < -0.4 is 10.6 Å². The highest BCUT2D eigenvalue weighted by Gasteiger charge is 2.14. The van der Waals surface area contributed by atoms with Crippen LogP contribution in [0.3, 0.4) is 0 Å². The van der Waals surface area contributed by atoms with Crippen LogP contribution in [0.2, 0.25) is 0 Å². The fourth-order valence-electron chi connectivity index (χ4n) is 2.95. The highest BCUT2D eigenvalue weighted by molar-refractivity contribution is 5.81. The van der Waals surface area contributed by atoms with Gasteiger partial charge in [-0.3, -0.25) is 9.59 Å². The lowest BCUT2D eigenvalue weighted by Gasteiger charge is -2.10. The molecule has 0 atom stereocenters. The van der Waals surface area contributed by atoms with Gasteiger partial charge >= 0.3 is 0 Å². The Bertz CT molecular complexity index is 918. The van der Waals surface area contributed by atoms with Gasteiger partial charge in [0.05, 0.1) is 23.8 Å². The number of rotatable bonds is 10. The molecule has 0 fully saturated rings. The maximum absolute atomic E-state index is 12.4. The summed E-state index contributed by atoms with van der Waals surface area (Å²) in [4.78, 5) is 28.5. The number of methoxy groups -OCH3 is 1. The number of aryl methyl sites for hydroxylation is 1. The molecule has 2 amide bonds. The molecule has 2 aromatic heterocycles. The van der Waals surface area contributed by atoms with E-state index < -0.39 is 0 Å². The lowest BCUT2D eigenvalue weighted by Crippen LogP contribution is -2.29. The van der Waals surface area contributed by atoms with Crippen molar-refractivity contribution in [1.82, 2.24) is 20.2 Å². The molecule has 0 saturated carbocycles. The van der Waals surface area contributed by atoms with Crippen molar-refractivity contribution in [1.29, 1.82) is 0 Å². The standard InChI is InChI=1S/C20H24N4O4/c1-27-14-20(26)21-10-4-9-18-23-16-7-2-3-8-17(16)24(18)13-19(25)22-12-15-6-5-11-28-15/h2-3,5-8,11H,4,9-10,12-14H2,1H3,(H,21,26)(H,22,25). The average molecular weight is 384 g/mol. The van der Waals surface area contributed by atoms with Crippen molar-refractivity contribution >= 4 is 22.8 Å². The molecule has 0 spiro atoms. The van der Waals surface area contributed by atoms with E-state index in [1.165, 1.54) is 7.11 Å². The molecule has 1 aromatic carbocycles. The quantitative estimate of drug-likeness (QED) is 0.518. The zero-order valence-corrected chi connectivity index (χ0v) is 15.8. The number of nitrogens with one attached hydrogen (secondary N) is 2. The van der Waals surface area contributed by atoms with Crippen molar-refractivity contribution in [3.63, 3.8) is 0 Å². The van der Waals surface area contributed by atoms with Gasteiger partial charge in [-0.1, -0.05) is 12.1 Å². The molecule has 2 heterocycles. The van der Waals surface area contributed by atoms with E-state index in [-0.39, 0.29) is 25.0 Å². The number of benzene rings is 1. The van der Waals surface area contributed by atoms with Crippen LogP contribution in [0.4, 0.5) is 0 Å². The Hall–Kier alpha value is -3.13. The Kier molecular flexibility index (Phi) is 6.80. The van der Waals surface area contributed by atoms with Crippen LogP contribution >= 0.6 is 0 Å². The number of hydrogen-bond acceptors (Lipinski definition) is 5. The molecule has 3 rings (SSSR count). The van der Waals surface area contributed by atoms with Crippen molar-refractivity contribution in [2.45, 2.75) is 25.9 Å². The van der Waals surface area contributed by atoms with Gasteiger partial charge < -0.3 is 24.4 Å². The lowest BCUT2D eigenvalue weighted by atomic mass is 10.3. The number of amides is 2. The van der Waals surface area contributed by atoms with Gasteiger partial charge in [-0.05, 0) is 30.7 Å². The minimum absolute atomic E-state index is 0.0500. The third kappa shape index (κ3) is 5.20. The molecule has 8 nitrogen and oxygen atoms in total. The van der Waals surface area contributed by atoms with Gasteiger partial charge in [-0.15, -0.1) is 0 Å². The smallest absolute Gasteiger partial charge is 0.245 e. The second-order valence-electron chi connectivity index (χ2n) is 6.35. The molecule has 2 N–H and O–H groups in total. The molecule has 0 bridgehead atoms. The van der Waals surface area contributed by atoms with E-state index in [2.05, 4.69) is 15.6 Å². The summed E-state index contributed by atoms with van der Waals surface area (Å²) in [6.45, 7) is 1.09. The summed E-state index contributed by atoms with van der Waals surface area (Å²) in [5, 5.41) is 5.65. The molecule has 148 valence electrons. The van der Waals surface area contributed by atoms with E-state index in [4.69, 9.17) is 9.15 Å². The van der Waals surface area contributed by atoms with E-state index in [1.807, 2.05) is 34.9 Å². The number of imidazole rings is 1. The molecule has 0 saturated heterocycles. The monoisotopic (exact) mass is 384 g/mol. The second kappa shape index (κ2) is 9.70. The third-order valence-electron chi connectivity index (χ3n) is 4.25. The van der Waals surface area contributed by atoms with Crippen LogP contribution in [0.15, 0.2) is 47.1 Å². The van der Waals surface area contributed by atoms with Gasteiger partial charge in [0, 0.05) is 20.1 Å². The van der Waals surface area contributed by atoms with E-state index in [9.17, 15) is 9.59 Å². The summed E-state index contributed by atoms with van der Waals surface area (Å²) in [6.07, 6.45) is 2.94. The van der Waals surface area contributed by atoms with Gasteiger partial charge in [0.2, 0.25) is 11.8 Å². The normalized spacial score (nSPS) is 10.9. The van der Waals surface area contributed by atoms with E-state index in [0.29, 0.717) is 31.7 Å². The van der Waals surface area contributed by atoms with Crippen LogP contribution in [0.5, 0.6) is 0 Å². The second-order valence-corrected chi connectivity index (χ2v) is 6.35. The Morgan fingerprint density at radius 2 is 2.00 bits per heavy atom.